The van der Waals surface area contributed by atoms with E-state index in [0.717, 1.165) is 0 Å². The van der Waals surface area contributed by atoms with Gasteiger partial charge in [-0.3, -0.25) is 9.78 Å². The molecule has 2 rings (SSSR count). The number of ether oxygens (including phenoxy) is 1. The van der Waals surface area contributed by atoms with Crippen LogP contribution >= 0.6 is 0 Å². The van der Waals surface area contributed by atoms with Gasteiger partial charge in [0.15, 0.2) is 0 Å². The Balaban J connectivity index is 2.21. The quantitative estimate of drug-likeness (QED) is 0.923. The minimum Gasteiger partial charge on any atom is -0.492 e. The lowest BCUT2D eigenvalue weighted by Crippen LogP contribution is -2.13. The van der Waals surface area contributed by atoms with Gasteiger partial charge in [-0.15, -0.1) is 0 Å². The third kappa shape index (κ3) is 3.12. The number of anilines is 1. The Labute approximate surface area is 116 Å². The first-order valence-electron chi connectivity index (χ1n) is 6.13. The lowest BCUT2D eigenvalue weighted by atomic mass is 10.2. The third-order valence-electron chi connectivity index (χ3n) is 2.56. The van der Waals surface area contributed by atoms with Crippen LogP contribution in [0.1, 0.15) is 22.8 Å². The summed E-state index contributed by atoms with van der Waals surface area (Å²) >= 11 is 0. The number of carbonyl (C=O) groups is 1. The Morgan fingerprint density at radius 2 is 2.20 bits per heavy atom. The van der Waals surface area contributed by atoms with Crippen LogP contribution in [0.25, 0.3) is 0 Å². The number of para-hydroxylation sites is 2. The standard InChI is InChI=1S/C15H13N3O2/c1-2-20-14-6-4-3-5-13(14)18-15(19)12-7-11(8-16)9-17-10-12/h3-7,9-10H,2H2,1H3,(H,18,19). The Morgan fingerprint density at radius 1 is 1.40 bits per heavy atom. The first-order valence-corrected chi connectivity index (χ1v) is 6.13. The van der Waals surface area contributed by atoms with Crippen LogP contribution in [-0.4, -0.2) is 17.5 Å². The molecule has 0 unspecified atom stereocenters. The molecule has 0 spiro atoms. The highest BCUT2D eigenvalue weighted by atomic mass is 16.5. The van der Waals surface area contributed by atoms with Crippen LogP contribution in [-0.2, 0) is 0 Å². The van der Waals surface area contributed by atoms with Crippen molar-refractivity contribution in [3.63, 3.8) is 0 Å². The number of carbonyl (C=O) groups excluding carboxylic acids is 1. The van der Waals surface area contributed by atoms with E-state index in [2.05, 4.69) is 10.3 Å². The molecule has 20 heavy (non-hydrogen) atoms. The fourth-order valence-corrected chi connectivity index (χ4v) is 1.67. The highest BCUT2D eigenvalue weighted by Crippen LogP contribution is 2.24. The van der Waals surface area contributed by atoms with Crippen molar-refractivity contribution in [2.24, 2.45) is 0 Å². The maximum Gasteiger partial charge on any atom is 0.257 e. The predicted octanol–water partition coefficient (Wildman–Crippen LogP) is 2.60. The molecule has 2 aromatic rings. The average Bonchev–Trinajstić information content (AvgIpc) is 2.49. The second-order valence-electron chi connectivity index (χ2n) is 3.96. The average molecular weight is 267 g/mol. The lowest BCUT2D eigenvalue weighted by molar-refractivity contribution is 0.102. The molecule has 100 valence electrons. The van der Waals surface area contributed by atoms with Crippen molar-refractivity contribution in [3.05, 3.63) is 53.9 Å². The Bertz CT molecular complexity index is 662. The molecule has 0 atom stereocenters. The zero-order valence-corrected chi connectivity index (χ0v) is 11.0. The summed E-state index contributed by atoms with van der Waals surface area (Å²) in [6, 6.07) is 10.6. The first kappa shape index (κ1) is 13.6. The van der Waals surface area contributed by atoms with E-state index in [4.69, 9.17) is 10.00 Å². The highest BCUT2D eigenvalue weighted by molar-refractivity contribution is 6.05. The normalized spacial score (nSPS) is 9.60. The topological polar surface area (TPSA) is 75.0 Å². The van der Waals surface area contributed by atoms with Gasteiger partial charge in [-0.05, 0) is 25.1 Å². The molecular weight excluding hydrogens is 254 g/mol. The summed E-state index contributed by atoms with van der Waals surface area (Å²) < 4.78 is 5.44. The number of nitrogens with zero attached hydrogens (tertiary/aromatic N) is 2. The fourth-order valence-electron chi connectivity index (χ4n) is 1.67. The Kier molecular flexibility index (Phi) is 4.30. The smallest absolute Gasteiger partial charge is 0.257 e. The summed E-state index contributed by atoms with van der Waals surface area (Å²) in [5.41, 5.74) is 1.26. The van der Waals surface area contributed by atoms with Gasteiger partial charge in [0, 0.05) is 12.4 Å². The number of benzene rings is 1. The summed E-state index contributed by atoms with van der Waals surface area (Å²) in [4.78, 5) is 16.0. The van der Waals surface area contributed by atoms with Crippen molar-refractivity contribution in [2.45, 2.75) is 6.92 Å². The minimum absolute atomic E-state index is 0.329. The van der Waals surface area contributed by atoms with Gasteiger partial charge in [-0.1, -0.05) is 12.1 Å². The molecular formula is C15H13N3O2. The number of aromatic nitrogens is 1. The molecule has 0 saturated carbocycles. The summed E-state index contributed by atoms with van der Waals surface area (Å²) in [5.74, 6) is 0.273. The van der Waals surface area contributed by atoms with Gasteiger partial charge in [0.2, 0.25) is 0 Å². The zero-order chi connectivity index (χ0) is 14.4. The molecule has 1 heterocycles. The predicted molar refractivity (Wildman–Crippen MR) is 74.5 cm³/mol. The number of nitriles is 1. The summed E-state index contributed by atoms with van der Waals surface area (Å²) in [7, 11) is 0. The van der Waals surface area contributed by atoms with E-state index in [1.165, 1.54) is 18.5 Å². The van der Waals surface area contributed by atoms with Gasteiger partial charge in [-0.2, -0.15) is 5.26 Å². The van der Waals surface area contributed by atoms with Crippen molar-refractivity contribution >= 4 is 11.6 Å². The van der Waals surface area contributed by atoms with Crippen molar-refractivity contribution < 1.29 is 9.53 Å². The van der Waals surface area contributed by atoms with Crippen LogP contribution in [0.5, 0.6) is 5.75 Å². The zero-order valence-electron chi connectivity index (χ0n) is 11.0. The minimum atomic E-state index is -0.332. The van der Waals surface area contributed by atoms with Crippen molar-refractivity contribution in [2.75, 3.05) is 11.9 Å². The van der Waals surface area contributed by atoms with Gasteiger partial charge < -0.3 is 10.1 Å². The SMILES string of the molecule is CCOc1ccccc1NC(=O)c1cncc(C#N)c1. The Hall–Kier alpha value is -2.87. The number of nitrogens with one attached hydrogen (secondary N) is 1. The number of hydrogen-bond donors (Lipinski definition) is 1. The molecule has 0 aliphatic heterocycles. The summed E-state index contributed by atoms with van der Waals surface area (Å²) in [6.07, 6.45) is 2.82. The molecule has 0 radical (unpaired) electrons. The number of amides is 1. The monoisotopic (exact) mass is 267 g/mol. The maximum atomic E-state index is 12.1. The van der Waals surface area contributed by atoms with Crippen LogP contribution in [0, 0.1) is 11.3 Å². The van der Waals surface area contributed by atoms with Gasteiger partial charge >= 0.3 is 0 Å². The molecule has 5 nitrogen and oxygen atoms in total. The van der Waals surface area contributed by atoms with Crippen molar-refractivity contribution in [3.8, 4) is 11.8 Å². The van der Waals surface area contributed by atoms with E-state index >= 15 is 0 Å². The second-order valence-corrected chi connectivity index (χ2v) is 3.96. The first-order chi connectivity index (χ1) is 9.74. The molecule has 0 aliphatic rings. The summed E-state index contributed by atoms with van der Waals surface area (Å²) in [5, 5.41) is 11.6. The van der Waals surface area contributed by atoms with Gasteiger partial charge in [0.05, 0.1) is 23.4 Å². The van der Waals surface area contributed by atoms with Gasteiger partial charge in [0.25, 0.3) is 5.91 Å². The molecule has 1 aromatic carbocycles. The van der Waals surface area contributed by atoms with Crippen LogP contribution in [0.2, 0.25) is 0 Å². The van der Waals surface area contributed by atoms with E-state index in [9.17, 15) is 4.79 Å². The van der Waals surface area contributed by atoms with Gasteiger partial charge in [0.1, 0.15) is 11.8 Å². The molecule has 0 bridgehead atoms. The van der Waals surface area contributed by atoms with Crippen LogP contribution in [0.4, 0.5) is 5.69 Å². The fraction of sp³-hybridized carbons (Fsp3) is 0.133. The number of pyridine rings is 1. The van der Waals surface area contributed by atoms with E-state index in [1.54, 1.807) is 12.1 Å². The maximum absolute atomic E-state index is 12.1. The van der Waals surface area contributed by atoms with Crippen LogP contribution in [0.15, 0.2) is 42.7 Å². The van der Waals surface area contributed by atoms with E-state index in [1.807, 2.05) is 25.1 Å². The molecule has 1 aromatic heterocycles. The van der Waals surface area contributed by atoms with Crippen molar-refractivity contribution in [1.29, 1.82) is 5.26 Å². The molecule has 0 aliphatic carbocycles. The number of hydrogen-bond acceptors (Lipinski definition) is 4. The molecule has 0 fully saturated rings. The van der Waals surface area contributed by atoms with E-state index < -0.39 is 0 Å². The third-order valence-corrected chi connectivity index (χ3v) is 2.56. The highest BCUT2D eigenvalue weighted by Gasteiger charge is 2.10. The van der Waals surface area contributed by atoms with E-state index in [-0.39, 0.29) is 5.91 Å². The summed E-state index contributed by atoms with van der Waals surface area (Å²) in [6.45, 7) is 2.39. The van der Waals surface area contributed by atoms with Crippen molar-refractivity contribution in [1.82, 2.24) is 4.98 Å². The van der Waals surface area contributed by atoms with Crippen LogP contribution < -0.4 is 10.1 Å². The molecule has 1 amide bonds. The second kappa shape index (κ2) is 6.34. The number of rotatable bonds is 4. The molecule has 5 heteroatoms. The van der Waals surface area contributed by atoms with E-state index in [0.29, 0.717) is 29.2 Å². The largest absolute Gasteiger partial charge is 0.492 e. The molecule has 0 saturated heterocycles. The van der Waals surface area contributed by atoms with Crippen LogP contribution in [0.3, 0.4) is 0 Å². The van der Waals surface area contributed by atoms with Gasteiger partial charge in [-0.25, -0.2) is 0 Å². The Morgan fingerprint density at radius 3 is 2.95 bits per heavy atom. The lowest BCUT2D eigenvalue weighted by Gasteiger charge is -2.11. The molecule has 1 N–H and O–H groups in total.